The van der Waals surface area contributed by atoms with Gasteiger partial charge >= 0.3 is 0 Å². The van der Waals surface area contributed by atoms with Crippen molar-refractivity contribution in [1.29, 1.82) is 0 Å². The molecular formula is C10H18O. The van der Waals surface area contributed by atoms with E-state index in [1.165, 1.54) is 12.8 Å². The van der Waals surface area contributed by atoms with E-state index in [0.29, 0.717) is 6.10 Å². The van der Waals surface area contributed by atoms with Gasteiger partial charge in [-0.05, 0) is 19.3 Å². The Morgan fingerprint density at radius 3 is 2.64 bits per heavy atom. The average Bonchev–Trinajstić information content (AvgIpc) is 1.87. The molecule has 0 amide bonds. The molecular weight excluding hydrogens is 136 g/mol. The van der Waals surface area contributed by atoms with Crippen molar-refractivity contribution in [3.8, 4) is 11.8 Å². The number of methoxy groups -OCH3 is 1. The molecule has 0 N–H and O–H groups in total. The molecule has 64 valence electrons. The van der Waals surface area contributed by atoms with E-state index < -0.39 is 0 Å². The zero-order chi connectivity index (χ0) is 7.23. The molecule has 0 aromatic rings. The van der Waals surface area contributed by atoms with Crippen molar-refractivity contribution in [3.63, 3.8) is 0 Å². The van der Waals surface area contributed by atoms with Crippen LogP contribution in [0.2, 0.25) is 0 Å². The van der Waals surface area contributed by atoms with Gasteiger partial charge in [-0.2, -0.15) is 0 Å². The minimum Gasteiger partial charge on any atom is -0.381 e. The van der Waals surface area contributed by atoms with Crippen LogP contribution in [0.1, 0.15) is 39.5 Å². The normalized spacial score (nSPS) is 23.5. The summed E-state index contributed by atoms with van der Waals surface area (Å²) in [4.78, 5) is 0. The smallest absolute Gasteiger partial charge is 0.0580 e. The molecule has 0 aliphatic heterocycles. The molecule has 1 unspecified atom stereocenters. The number of hydrogen-bond donors (Lipinski definition) is 0. The maximum Gasteiger partial charge on any atom is 0.0580 e. The van der Waals surface area contributed by atoms with Gasteiger partial charge in [-0.1, -0.05) is 7.43 Å². The Labute approximate surface area is 70.1 Å². The summed E-state index contributed by atoms with van der Waals surface area (Å²) in [6.07, 6.45) is 6.04. The summed E-state index contributed by atoms with van der Waals surface area (Å²) in [6, 6.07) is 0. The molecule has 0 bridgehead atoms. The van der Waals surface area contributed by atoms with E-state index in [2.05, 4.69) is 11.8 Å². The molecule has 0 aromatic heterocycles. The molecule has 0 fully saturated rings. The molecule has 0 saturated heterocycles. The monoisotopic (exact) mass is 154 g/mol. The standard InChI is InChI=1S/C9H14O.CH4/c1-10-9-7-5-3-2-4-6-8-9;/h9H,3,5-8H2,1H3;1H4. The van der Waals surface area contributed by atoms with E-state index in [-0.39, 0.29) is 7.43 Å². The zero-order valence-electron chi connectivity index (χ0n) is 6.52. The van der Waals surface area contributed by atoms with E-state index in [1.54, 1.807) is 7.11 Å². The lowest BCUT2D eigenvalue weighted by Crippen LogP contribution is -2.10. The van der Waals surface area contributed by atoms with Crippen molar-refractivity contribution in [1.82, 2.24) is 0 Å². The summed E-state index contributed by atoms with van der Waals surface area (Å²) in [5, 5.41) is 0. The van der Waals surface area contributed by atoms with Crippen LogP contribution in [0.15, 0.2) is 0 Å². The number of hydrogen-bond acceptors (Lipinski definition) is 1. The second-order valence-electron chi connectivity index (χ2n) is 2.64. The molecule has 0 heterocycles. The molecule has 0 radical (unpaired) electrons. The molecule has 1 aliphatic rings. The van der Waals surface area contributed by atoms with Gasteiger partial charge in [-0.25, -0.2) is 0 Å². The lowest BCUT2D eigenvalue weighted by atomic mass is 10.1. The summed E-state index contributed by atoms with van der Waals surface area (Å²) in [5.41, 5.74) is 0. The fourth-order valence-electron chi connectivity index (χ4n) is 1.21. The molecule has 11 heavy (non-hydrogen) atoms. The van der Waals surface area contributed by atoms with Crippen LogP contribution in [0.4, 0.5) is 0 Å². The van der Waals surface area contributed by atoms with Gasteiger partial charge in [0.15, 0.2) is 0 Å². The fraction of sp³-hybridized carbons (Fsp3) is 0.800. The fourth-order valence-corrected chi connectivity index (χ4v) is 1.21. The highest BCUT2D eigenvalue weighted by Gasteiger charge is 2.06. The van der Waals surface area contributed by atoms with E-state index in [9.17, 15) is 0 Å². The van der Waals surface area contributed by atoms with Gasteiger partial charge < -0.3 is 4.74 Å². The molecule has 0 saturated carbocycles. The average molecular weight is 154 g/mol. The Kier molecular flexibility index (Phi) is 5.97. The first-order chi connectivity index (χ1) is 4.93. The van der Waals surface area contributed by atoms with Gasteiger partial charge in [0.2, 0.25) is 0 Å². The summed E-state index contributed by atoms with van der Waals surface area (Å²) in [6.45, 7) is 0. The molecule has 1 nitrogen and oxygen atoms in total. The maximum atomic E-state index is 5.26. The van der Waals surface area contributed by atoms with Gasteiger partial charge in [-0.3, -0.25) is 0 Å². The van der Waals surface area contributed by atoms with Gasteiger partial charge in [0.1, 0.15) is 0 Å². The first-order valence-corrected chi connectivity index (χ1v) is 3.92. The molecule has 1 atom stereocenters. The predicted octanol–water partition coefficient (Wildman–Crippen LogP) is 2.61. The van der Waals surface area contributed by atoms with Crippen molar-refractivity contribution in [2.45, 2.75) is 45.6 Å². The highest BCUT2D eigenvalue weighted by molar-refractivity contribution is 5.00. The molecule has 0 aromatic carbocycles. The SMILES string of the molecule is C.COC1CCC#CCCC1. The molecule has 1 rings (SSSR count). The van der Waals surface area contributed by atoms with Gasteiger partial charge in [0.25, 0.3) is 0 Å². The summed E-state index contributed by atoms with van der Waals surface area (Å²) in [5.74, 6) is 6.25. The first-order valence-electron chi connectivity index (χ1n) is 3.92. The van der Waals surface area contributed by atoms with Crippen LogP contribution < -0.4 is 0 Å². The van der Waals surface area contributed by atoms with Crippen molar-refractivity contribution in [2.24, 2.45) is 0 Å². The first kappa shape index (κ1) is 10.5. The lowest BCUT2D eigenvalue weighted by Gasteiger charge is -2.13. The third-order valence-corrected chi connectivity index (χ3v) is 1.88. The van der Waals surface area contributed by atoms with Crippen LogP contribution in [0, 0.1) is 11.8 Å². The van der Waals surface area contributed by atoms with Crippen molar-refractivity contribution in [2.75, 3.05) is 7.11 Å². The summed E-state index contributed by atoms with van der Waals surface area (Å²) in [7, 11) is 1.79. The van der Waals surface area contributed by atoms with Crippen LogP contribution in [0.3, 0.4) is 0 Å². The van der Waals surface area contributed by atoms with Crippen molar-refractivity contribution >= 4 is 0 Å². The Hall–Kier alpha value is -0.480. The van der Waals surface area contributed by atoms with E-state index >= 15 is 0 Å². The predicted molar refractivity (Wildman–Crippen MR) is 48.4 cm³/mol. The molecule has 1 heteroatoms. The maximum absolute atomic E-state index is 5.26. The minimum atomic E-state index is 0. The van der Waals surface area contributed by atoms with E-state index in [1.807, 2.05) is 0 Å². The van der Waals surface area contributed by atoms with Crippen LogP contribution in [-0.2, 0) is 4.74 Å². The lowest BCUT2D eigenvalue weighted by molar-refractivity contribution is 0.0873. The van der Waals surface area contributed by atoms with Crippen LogP contribution in [-0.4, -0.2) is 13.2 Å². The van der Waals surface area contributed by atoms with Gasteiger partial charge in [-0.15, -0.1) is 11.8 Å². The second kappa shape index (κ2) is 6.24. The van der Waals surface area contributed by atoms with Crippen LogP contribution in [0.5, 0.6) is 0 Å². The Morgan fingerprint density at radius 1 is 1.18 bits per heavy atom. The third kappa shape index (κ3) is 4.06. The second-order valence-corrected chi connectivity index (χ2v) is 2.64. The largest absolute Gasteiger partial charge is 0.381 e. The quantitative estimate of drug-likeness (QED) is 0.527. The third-order valence-electron chi connectivity index (χ3n) is 1.88. The summed E-state index contributed by atoms with van der Waals surface area (Å²) < 4.78 is 5.26. The Bertz CT molecular complexity index is 141. The zero-order valence-corrected chi connectivity index (χ0v) is 6.52. The summed E-state index contributed by atoms with van der Waals surface area (Å²) >= 11 is 0. The highest BCUT2D eigenvalue weighted by atomic mass is 16.5. The molecule has 1 aliphatic carbocycles. The van der Waals surface area contributed by atoms with E-state index in [4.69, 9.17) is 4.74 Å². The van der Waals surface area contributed by atoms with Crippen molar-refractivity contribution < 1.29 is 4.74 Å². The number of rotatable bonds is 1. The van der Waals surface area contributed by atoms with Crippen LogP contribution >= 0.6 is 0 Å². The van der Waals surface area contributed by atoms with Gasteiger partial charge in [0, 0.05) is 20.0 Å². The number of ether oxygens (including phenoxy) is 1. The van der Waals surface area contributed by atoms with Gasteiger partial charge in [0.05, 0.1) is 6.10 Å². The Balaban J connectivity index is 0.000001000. The van der Waals surface area contributed by atoms with E-state index in [0.717, 1.165) is 19.3 Å². The Morgan fingerprint density at radius 2 is 1.91 bits per heavy atom. The van der Waals surface area contributed by atoms with Crippen LogP contribution in [0.25, 0.3) is 0 Å². The highest BCUT2D eigenvalue weighted by Crippen LogP contribution is 2.11. The topological polar surface area (TPSA) is 9.23 Å². The van der Waals surface area contributed by atoms with Crippen molar-refractivity contribution in [3.05, 3.63) is 0 Å². The minimum absolute atomic E-state index is 0. The molecule has 0 spiro atoms.